The Morgan fingerprint density at radius 3 is 2.46 bits per heavy atom. The lowest BCUT2D eigenvalue weighted by Crippen LogP contribution is -2.47. The largest absolute Gasteiger partial charge is 0.480 e. The van der Waals surface area contributed by atoms with Crippen molar-refractivity contribution in [1.82, 2.24) is 4.90 Å². The van der Waals surface area contributed by atoms with Gasteiger partial charge in [-0.1, -0.05) is 74.2 Å². The monoisotopic (exact) mass is 361 g/mol. The Bertz CT molecular complexity index is 723. The summed E-state index contributed by atoms with van der Waals surface area (Å²) in [5.74, 6) is -1.61. The highest BCUT2D eigenvalue weighted by atomic mass is 32.2. The first-order valence-corrected chi connectivity index (χ1v) is 8.77. The van der Waals surface area contributed by atoms with Gasteiger partial charge in [0.2, 0.25) is 0 Å². The summed E-state index contributed by atoms with van der Waals surface area (Å²) in [5, 5.41) is 9.41. The Morgan fingerprint density at radius 1 is 1.29 bits per heavy atom. The van der Waals surface area contributed by atoms with E-state index in [4.69, 9.17) is 12.2 Å². The topological polar surface area (TPSA) is 57.6 Å². The zero-order chi connectivity index (χ0) is 17.9. The highest BCUT2D eigenvalue weighted by Crippen LogP contribution is 2.35. The summed E-state index contributed by atoms with van der Waals surface area (Å²) < 4.78 is 0.292. The minimum atomic E-state index is -1.04. The van der Waals surface area contributed by atoms with Crippen LogP contribution in [-0.4, -0.2) is 32.2 Å². The van der Waals surface area contributed by atoms with Gasteiger partial charge in [0.1, 0.15) is 10.4 Å². The lowest BCUT2D eigenvalue weighted by molar-refractivity contribution is -0.146. The van der Waals surface area contributed by atoms with Crippen LogP contribution < -0.4 is 0 Å². The van der Waals surface area contributed by atoms with Gasteiger partial charge in [-0.3, -0.25) is 9.69 Å². The highest BCUT2D eigenvalue weighted by Gasteiger charge is 2.41. The Labute approximate surface area is 151 Å². The van der Waals surface area contributed by atoms with Crippen molar-refractivity contribution in [3.05, 3.63) is 52.4 Å². The minimum Gasteiger partial charge on any atom is -0.480 e. The molecule has 1 atom stereocenters. The minimum absolute atomic E-state index is 0.231. The van der Waals surface area contributed by atoms with E-state index in [-0.39, 0.29) is 11.8 Å². The molecule has 1 saturated heterocycles. The molecular weight excluding hydrogens is 342 g/mol. The van der Waals surface area contributed by atoms with Crippen LogP contribution in [0.3, 0.4) is 0 Å². The summed E-state index contributed by atoms with van der Waals surface area (Å²) in [5.41, 5.74) is 1.94. The molecule has 1 aromatic rings. The van der Waals surface area contributed by atoms with E-state index in [0.29, 0.717) is 9.23 Å². The first kappa shape index (κ1) is 18.4. The van der Waals surface area contributed by atoms with Gasteiger partial charge >= 0.3 is 5.97 Å². The number of carboxylic acids is 1. The summed E-state index contributed by atoms with van der Waals surface area (Å²) in [7, 11) is 0. The molecule has 0 saturated carbocycles. The number of amides is 1. The van der Waals surface area contributed by atoms with Gasteiger partial charge in [-0.2, -0.15) is 0 Å². The van der Waals surface area contributed by atoms with Gasteiger partial charge in [-0.15, -0.1) is 0 Å². The molecule has 0 spiro atoms. The highest BCUT2D eigenvalue weighted by molar-refractivity contribution is 8.26. The lowest BCUT2D eigenvalue weighted by Gasteiger charge is -2.26. The van der Waals surface area contributed by atoms with Crippen LogP contribution in [0, 0.1) is 5.92 Å². The van der Waals surface area contributed by atoms with E-state index < -0.39 is 12.0 Å². The van der Waals surface area contributed by atoms with Crippen LogP contribution in [0.25, 0.3) is 6.08 Å². The van der Waals surface area contributed by atoms with Crippen LogP contribution in [0.1, 0.15) is 26.3 Å². The molecule has 24 heavy (non-hydrogen) atoms. The van der Waals surface area contributed by atoms with Crippen molar-refractivity contribution in [3.8, 4) is 0 Å². The van der Waals surface area contributed by atoms with Crippen molar-refractivity contribution in [2.75, 3.05) is 0 Å². The van der Waals surface area contributed by atoms with Crippen molar-refractivity contribution < 1.29 is 14.7 Å². The molecule has 1 fully saturated rings. The number of hydrogen-bond acceptors (Lipinski definition) is 4. The maximum absolute atomic E-state index is 12.6. The Kier molecular flexibility index (Phi) is 5.96. The molecule has 2 rings (SSSR count). The van der Waals surface area contributed by atoms with Crippen LogP contribution in [-0.2, 0) is 9.59 Å². The van der Waals surface area contributed by atoms with E-state index in [1.54, 1.807) is 19.9 Å². The summed E-state index contributed by atoms with van der Waals surface area (Å²) in [6.45, 7) is 5.43. The number of allylic oxidation sites excluding steroid dienone is 2. The van der Waals surface area contributed by atoms with Gasteiger partial charge in [0.15, 0.2) is 0 Å². The number of nitrogens with zero attached hydrogens (tertiary/aromatic N) is 1. The molecule has 0 aliphatic carbocycles. The number of carbonyl (C=O) groups is 2. The molecule has 1 aliphatic heterocycles. The molecule has 6 heteroatoms. The van der Waals surface area contributed by atoms with E-state index in [1.165, 1.54) is 4.90 Å². The molecule has 1 N–H and O–H groups in total. The number of thioether (sulfide) groups is 1. The Morgan fingerprint density at radius 2 is 1.92 bits per heavy atom. The SMILES string of the molecule is CC(=Cc1ccccc1)C=C1SC(=S)N(C(C(=O)O)C(C)C)C1=O. The van der Waals surface area contributed by atoms with Gasteiger partial charge < -0.3 is 5.11 Å². The molecule has 0 aromatic heterocycles. The smallest absolute Gasteiger partial charge is 0.327 e. The molecule has 1 heterocycles. The number of benzene rings is 1. The van der Waals surface area contributed by atoms with Gasteiger partial charge in [0.25, 0.3) is 5.91 Å². The molecular formula is C18H19NO3S2. The first-order chi connectivity index (χ1) is 11.3. The van der Waals surface area contributed by atoms with E-state index in [1.807, 2.05) is 43.3 Å². The average molecular weight is 361 g/mol. The molecule has 1 aromatic carbocycles. The van der Waals surface area contributed by atoms with Crippen LogP contribution in [0.5, 0.6) is 0 Å². The Hall–Kier alpha value is -1.92. The predicted molar refractivity (Wildman–Crippen MR) is 101 cm³/mol. The van der Waals surface area contributed by atoms with E-state index in [9.17, 15) is 14.7 Å². The summed E-state index contributed by atoms with van der Waals surface area (Å²) >= 11 is 6.38. The zero-order valence-corrected chi connectivity index (χ0v) is 15.4. The second kappa shape index (κ2) is 7.77. The summed E-state index contributed by atoms with van der Waals surface area (Å²) in [6.07, 6.45) is 3.72. The summed E-state index contributed by atoms with van der Waals surface area (Å²) in [6, 6.07) is 8.83. The fourth-order valence-corrected chi connectivity index (χ4v) is 3.85. The van der Waals surface area contributed by atoms with Crippen molar-refractivity contribution in [2.24, 2.45) is 5.92 Å². The second-order valence-corrected chi connectivity index (χ2v) is 7.55. The van der Waals surface area contributed by atoms with E-state index in [2.05, 4.69) is 0 Å². The van der Waals surface area contributed by atoms with Crippen molar-refractivity contribution in [1.29, 1.82) is 0 Å². The van der Waals surface area contributed by atoms with Crippen molar-refractivity contribution in [2.45, 2.75) is 26.8 Å². The van der Waals surface area contributed by atoms with Crippen molar-refractivity contribution >= 4 is 46.3 Å². The van der Waals surface area contributed by atoms with E-state index >= 15 is 0 Å². The number of carboxylic acid groups (broad SMARTS) is 1. The van der Waals surface area contributed by atoms with Crippen LogP contribution in [0.15, 0.2) is 46.9 Å². The van der Waals surface area contributed by atoms with Crippen LogP contribution in [0.4, 0.5) is 0 Å². The van der Waals surface area contributed by atoms with Crippen molar-refractivity contribution in [3.63, 3.8) is 0 Å². The molecule has 1 aliphatic rings. The Balaban J connectivity index is 2.28. The number of rotatable bonds is 5. The van der Waals surface area contributed by atoms with Gasteiger partial charge in [-0.05, 0) is 30.1 Å². The average Bonchev–Trinajstić information content (AvgIpc) is 2.75. The number of thiocarbonyl (C=S) groups is 1. The van der Waals surface area contributed by atoms with E-state index in [0.717, 1.165) is 22.9 Å². The van der Waals surface area contributed by atoms with Crippen LogP contribution >= 0.6 is 24.0 Å². The van der Waals surface area contributed by atoms with Gasteiger partial charge in [0.05, 0.1) is 4.91 Å². The number of hydrogen-bond donors (Lipinski definition) is 1. The molecule has 0 radical (unpaired) electrons. The number of carbonyl (C=O) groups excluding carboxylic acids is 1. The normalized spacial score (nSPS) is 18.6. The van der Waals surface area contributed by atoms with Crippen LogP contribution in [0.2, 0.25) is 0 Å². The van der Waals surface area contributed by atoms with Gasteiger partial charge in [0, 0.05) is 0 Å². The zero-order valence-electron chi connectivity index (χ0n) is 13.7. The molecule has 0 bridgehead atoms. The third kappa shape index (κ3) is 4.13. The standard InChI is InChI=1S/C18H19NO3S2/c1-11(2)15(17(21)22)19-16(20)14(24-18(19)23)10-12(3)9-13-7-5-4-6-8-13/h4-11,15H,1-3H3,(H,21,22). The maximum atomic E-state index is 12.6. The molecule has 1 amide bonds. The first-order valence-electron chi connectivity index (χ1n) is 7.54. The number of aliphatic carboxylic acids is 1. The quantitative estimate of drug-likeness (QED) is 0.636. The molecule has 126 valence electrons. The maximum Gasteiger partial charge on any atom is 0.327 e. The third-order valence-electron chi connectivity index (χ3n) is 3.54. The second-order valence-electron chi connectivity index (χ2n) is 5.88. The fourth-order valence-electron chi connectivity index (χ4n) is 2.47. The third-order valence-corrected chi connectivity index (χ3v) is 4.87. The predicted octanol–water partition coefficient (Wildman–Crippen LogP) is 3.94. The molecule has 4 nitrogen and oxygen atoms in total. The molecule has 1 unspecified atom stereocenters. The fraction of sp³-hybridized carbons (Fsp3) is 0.278. The lowest BCUT2D eigenvalue weighted by atomic mass is 10.0. The van der Waals surface area contributed by atoms with Gasteiger partial charge in [-0.25, -0.2) is 4.79 Å². The summed E-state index contributed by atoms with van der Waals surface area (Å²) in [4.78, 5) is 25.8.